The Morgan fingerprint density at radius 1 is 1.11 bits per heavy atom. The maximum absolute atomic E-state index is 13.4. The van der Waals surface area contributed by atoms with Crippen molar-refractivity contribution in [3.63, 3.8) is 0 Å². The van der Waals surface area contributed by atoms with E-state index >= 15 is 0 Å². The van der Waals surface area contributed by atoms with Crippen molar-refractivity contribution in [2.24, 2.45) is 0 Å². The molecule has 0 radical (unpaired) electrons. The molecule has 5 nitrogen and oxygen atoms in total. The monoisotopic (exact) mass is 521 g/mol. The number of aryl methyl sites for hydroxylation is 1. The normalized spacial score (nSPS) is 18.7. The van der Waals surface area contributed by atoms with Gasteiger partial charge in [0.05, 0.1) is 29.0 Å². The van der Waals surface area contributed by atoms with Crippen molar-refractivity contribution in [2.75, 3.05) is 31.1 Å². The first-order chi connectivity index (χ1) is 17.7. The van der Waals surface area contributed by atoms with Crippen molar-refractivity contribution < 1.29 is 14.6 Å². The van der Waals surface area contributed by atoms with Crippen LogP contribution in [0.2, 0.25) is 5.02 Å². The summed E-state index contributed by atoms with van der Waals surface area (Å²) in [7, 11) is 0. The largest absolute Gasteiger partial charge is 0.393 e. The second-order valence-corrected chi connectivity index (χ2v) is 10.6. The van der Waals surface area contributed by atoms with Crippen LogP contribution in [-0.2, 0) is 12.0 Å². The minimum absolute atomic E-state index is 0.0644. The number of benzene rings is 3. The Bertz CT molecular complexity index is 1240. The molecule has 0 amide bonds. The maximum atomic E-state index is 13.4. The number of nitriles is 1. The molecule has 194 valence electrons. The van der Waals surface area contributed by atoms with Crippen LogP contribution in [0.4, 0.5) is 10.1 Å². The Hall–Kier alpha value is -2.95. The summed E-state index contributed by atoms with van der Waals surface area (Å²) in [4.78, 5) is 4.46. The van der Waals surface area contributed by atoms with Gasteiger partial charge in [-0.1, -0.05) is 41.9 Å². The lowest BCUT2D eigenvalue weighted by molar-refractivity contribution is 0.0102. The highest BCUT2D eigenvalue weighted by atomic mass is 35.5. The molecule has 0 aromatic heterocycles. The van der Waals surface area contributed by atoms with Gasteiger partial charge in [0.2, 0.25) is 0 Å². The van der Waals surface area contributed by atoms with Gasteiger partial charge in [-0.2, -0.15) is 5.26 Å². The van der Waals surface area contributed by atoms with E-state index in [1.165, 1.54) is 12.1 Å². The van der Waals surface area contributed by atoms with Crippen LogP contribution in [0.5, 0.6) is 0 Å². The van der Waals surface area contributed by atoms with Gasteiger partial charge in [0.1, 0.15) is 11.9 Å². The van der Waals surface area contributed by atoms with Crippen LogP contribution < -0.4 is 4.90 Å². The van der Waals surface area contributed by atoms with Crippen LogP contribution >= 0.6 is 11.6 Å². The first-order valence-electron chi connectivity index (χ1n) is 12.6. The van der Waals surface area contributed by atoms with E-state index in [9.17, 15) is 19.9 Å². The fourth-order valence-corrected chi connectivity index (χ4v) is 5.16. The van der Waals surface area contributed by atoms with E-state index < -0.39 is 5.60 Å². The van der Waals surface area contributed by atoms with Gasteiger partial charge in [0.15, 0.2) is 0 Å². The highest BCUT2D eigenvalue weighted by molar-refractivity contribution is 6.30. The van der Waals surface area contributed by atoms with Crippen LogP contribution in [-0.4, -0.2) is 47.4 Å². The number of rotatable bonds is 8. The summed E-state index contributed by atoms with van der Waals surface area (Å²) in [6.07, 6.45) is 0.962. The maximum Gasteiger partial charge on any atom is 0.123 e. The Labute approximate surface area is 223 Å². The van der Waals surface area contributed by atoms with Gasteiger partial charge < -0.3 is 15.1 Å². The Balaban J connectivity index is 1.61. The van der Waals surface area contributed by atoms with Crippen LogP contribution in [0.25, 0.3) is 0 Å². The van der Waals surface area contributed by atoms with Crippen molar-refractivity contribution in [1.29, 1.82) is 5.26 Å². The average molecular weight is 522 g/mol. The Kier molecular flexibility index (Phi) is 8.51. The van der Waals surface area contributed by atoms with Crippen molar-refractivity contribution in [3.05, 3.63) is 99.8 Å². The standard InChI is InChI=1S/C30H33ClFN3O2/c1-21(36)3-4-22-5-14-28(24(17-22)18-33)35-16-15-34(19-29(35)23-6-10-26(31)11-7-23)20-30(2,37)25-8-12-27(32)13-9-25/h5-14,17,21,29,36-37H,3-4,15-16,19-20H2,1-2H3/t21-,29-,30+/m0/s1. The SMILES string of the molecule is C[C@H](O)CCc1ccc(N2CCN(C[C@@](C)(O)c3ccc(F)cc3)C[C@H]2c2ccc(Cl)cc2)c(C#N)c1. The zero-order valence-electron chi connectivity index (χ0n) is 21.2. The van der Waals surface area contributed by atoms with E-state index in [1.807, 2.05) is 42.5 Å². The van der Waals surface area contributed by atoms with Gasteiger partial charge in [-0.3, -0.25) is 4.90 Å². The number of aliphatic hydroxyl groups excluding tert-OH is 1. The van der Waals surface area contributed by atoms with E-state index in [1.54, 1.807) is 26.0 Å². The van der Waals surface area contributed by atoms with Gasteiger partial charge >= 0.3 is 0 Å². The molecule has 0 spiro atoms. The second kappa shape index (κ2) is 11.6. The molecular weight excluding hydrogens is 489 g/mol. The predicted molar refractivity (Wildman–Crippen MR) is 145 cm³/mol. The van der Waals surface area contributed by atoms with Gasteiger partial charge in [0.25, 0.3) is 0 Å². The van der Waals surface area contributed by atoms with E-state index in [0.717, 1.165) is 16.8 Å². The van der Waals surface area contributed by atoms with Crippen LogP contribution in [0.3, 0.4) is 0 Å². The van der Waals surface area contributed by atoms with E-state index in [4.69, 9.17) is 11.6 Å². The van der Waals surface area contributed by atoms with Crippen LogP contribution in [0.1, 0.15) is 48.6 Å². The Morgan fingerprint density at radius 3 is 2.46 bits per heavy atom. The number of anilines is 1. The second-order valence-electron chi connectivity index (χ2n) is 10.1. The number of piperazine rings is 1. The smallest absolute Gasteiger partial charge is 0.123 e. The fourth-order valence-electron chi connectivity index (χ4n) is 5.03. The number of aliphatic hydroxyl groups is 2. The molecule has 2 N–H and O–H groups in total. The lowest BCUT2D eigenvalue weighted by atomic mass is 9.93. The summed E-state index contributed by atoms with van der Waals surface area (Å²) in [6.45, 7) is 5.89. The molecule has 0 aliphatic carbocycles. The molecule has 0 saturated carbocycles. The lowest BCUT2D eigenvalue weighted by Gasteiger charge is -2.45. The molecule has 3 atom stereocenters. The van der Waals surface area contributed by atoms with Gasteiger partial charge in [-0.25, -0.2) is 4.39 Å². The fraction of sp³-hybridized carbons (Fsp3) is 0.367. The van der Waals surface area contributed by atoms with Crippen LogP contribution in [0, 0.1) is 17.1 Å². The molecule has 37 heavy (non-hydrogen) atoms. The molecule has 0 bridgehead atoms. The average Bonchev–Trinajstić information content (AvgIpc) is 2.88. The summed E-state index contributed by atoms with van der Waals surface area (Å²) in [6, 6.07) is 22.0. The summed E-state index contributed by atoms with van der Waals surface area (Å²) in [5.74, 6) is -0.332. The van der Waals surface area contributed by atoms with Crippen LogP contribution in [0.15, 0.2) is 66.7 Å². The van der Waals surface area contributed by atoms with Crippen molar-refractivity contribution in [2.45, 2.75) is 44.4 Å². The zero-order chi connectivity index (χ0) is 26.6. The molecule has 1 fully saturated rings. The van der Waals surface area contributed by atoms with E-state index in [-0.39, 0.29) is 18.0 Å². The molecule has 7 heteroatoms. The van der Waals surface area contributed by atoms with Gasteiger partial charge in [0, 0.05) is 31.2 Å². The summed E-state index contributed by atoms with van der Waals surface area (Å²) in [5, 5.41) is 31.5. The third kappa shape index (κ3) is 6.68. The number of hydrogen-bond acceptors (Lipinski definition) is 5. The predicted octanol–water partition coefficient (Wildman–Crippen LogP) is 5.44. The molecule has 3 aromatic carbocycles. The van der Waals surface area contributed by atoms with Crippen molar-refractivity contribution in [1.82, 2.24) is 4.90 Å². The molecule has 4 rings (SSSR count). The number of hydrogen-bond donors (Lipinski definition) is 2. The van der Waals surface area contributed by atoms with E-state index in [0.29, 0.717) is 55.2 Å². The lowest BCUT2D eigenvalue weighted by Crippen LogP contribution is -2.52. The molecular formula is C30H33ClFN3O2. The molecule has 1 heterocycles. The summed E-state index contributed by atoms with van der Waals surface area (Å²) < 4.78 is 13.4. The molecule has 1 saturated heterocycles. The van der Waals surface area contributed by atoms with E-state index in [2.05, 4.69) is 15.9 Å². The van der Waals surface area contributed by atoms with Gasteiger partial charge in [-0.15, -0.1) is 0 Å². The zero-order valence-corrected chi connectivity index (χ0v) is 22.0. The molecule has 1 aliphatic rings. The molecule has 1 aliphatic heterocycles. The highest BCUT2D eigenvalue weighted by Gasteiger charge is 2.34. The first kappa shape index (κ1) is 27.1. The molecule has 3 aromatic rings. The minimum Gasteiger partial charge on any atom is -0.393 e. The molecule has 0 unspecified atom stereocenters. The summed E-state index contributed by atoms with van der Waals surface area (Å²) in [5.41, 5.74) is 3.08. The quantitative estimate of drug-likeness (QED) is 0.413. The first-order valence-corrected chi connectivity index (χ1v) is 13.0. The van der Waals surface area contributed by atoms with Crippen molar-refractivity contribution in [3.8, 4) is 6.07 Å². The highest BCUT2D eigenvalue weighted by Crippen LogP contribution is 2.35. The van der Waals surface area contributed by atoms with Gasteiger partial charge in [-0.05, 0) is 79.8 Å². The number of halogens is 2. The third-order valence-corrected chi connectivity index (χ3v) is 7.31. The van der Waals surface area contributed by atoms with Crippen molar-refractivity contribution >= 4 is 17.3 Å². The summed E-state index contributed by atoms with van der Waals surface area (Å²) >= 11 is 6.17. The Morgan fingerprint density at radius 2 is 1.81 bits per heavy atom. The topological polar surface area (TPSA) is 70.7 Å². The number of β-amino-alcohol motifs (C(OH)–C–C–N with tert-alkyl or cyclic N) is 1. The minimum atomic E-state index is -1.15. The number of nitrogens with zero attached hydrogens (tertiary/aromatic N) is 3. The third-order valence-electron chi connectivity index (χ3n) is 7.06.